The molecule has 0 fully saturated rings. The summed E-state index contributed by atoms with van der Waals surface area (Å²) in [6.45, 7) is 8.06. The fourth-order valence-electron chi connectivity index (χ4n) is 1.71. The van der Waals surface area contributed by atoms with Crippen molar-refractivity contribution in [2.75, 3.05) is 26.3 Å². The highest BCUT2D eigenvalue weighted by atomic mass is 16.5. The Morgan fingerprint density at radius 1 is 1.05 bits per heavy atom. The molecule has 0 aromatic heterocycles. The minimum absolute atomic E-state index is 0.00436. The number of hydrogen-bond acceptors (Lipinski definition) is 3. The second-order valence-corrected chi connectivity index (χ2v) is 4.15. The monoisotopic (exact) mass is 265 g/mol. The van der Waals surface area contributed by atoms with Crippen LogP contribution < -0.4 is 9.47 Å². The summed E-state index contributed by atoms with van der Waals surface area (Å²) in [6.07, 6.45) is 0.937. The summed E-state index contributed by atoms with van der Waals surface area (Å²) >= 11 is 0. The van der Waals surface area contributed by atoms with Gasteiger partial charge in [-0.3, -0.25) is 4.79 Å². The van der Waals surface area contributed by atoms with Crippen molar-refractivity contribution < 1.29 is 14.3 Å². The quantitative estimate of drug-likeness (QED) is 0.725. The van der Waals surface area contributed by atoms with Gasteiger partial charge in [-0.1, -0.05) is 19.1 Å². The van der Waals surface area contributed by atoms with Gasteiger partial charge in [0.1, 0.15) is 0 Å². The maximum atomic E-state index is 11.9. The van der Waals surface area contributed by atoms with Crippen molar-refractivity contribution in [2.45, 2.75) is 27.2 Å². The van der Waals surface area contributed by atoms with Gasteiger partial charge in [-0.25, -0.2) is 0 Å². The van der Waals surface area contributed by atoms with Crippen LogP contribution in [-0.4, -0.2) is 37.1 Å². The van der Waals surface area contributed by atoms with Gasteiger partial charge < -0.3 is 14.4 Å². The first-order chi connectivity index (χ1) is 9.22. The van der Waals surface area contributed by atoms with Crippen molar-refractivity contribution in [3.63, 3.8) is 0 Å². The Kier molecular flexibility index (Phi) is 6.79. The van der Waals surface area contributed by atoms with Gasteiger partial charge in [0.2, 0.25) is 0 Å². The lowest BCUT2D eigenvalue weighted by atomic mass is 10.3. The number of carbonyl (C=O) groups excluding carboxylic acids is 1. The highest BCUT2D eigenvalue weighted by Crippen LogP contribution is 2.26. The van der Waals surface area contributed by atoms with Gasteiger partial charge >= 0.3 is 0 Å². The van der Waals surface area contributed by atoms with Crippen LogP contribution in [0, 0.1) is 0 Å². The molecule has 1 rings (SSSR count). The summed E-state index contributed by atoms with van der Waals surface area (Å²) in [5.74, 6) is 1.31. The molecular formula is C15H23NO3. The largest absolute Gasteiger partial charge is 0.490 e. The molecule has 0 unspecified atom stereocenters. The molecule has 0 N–H and O–H groups in total. The standard InChI is InChI=1S/C15H23NO3/c1-4-11-18-13-9-7-8-10-14(13)19-12-15(17)16(5-2)6-3/h7-10H,4-6,11-12H2,1-3H3. The molecule has 0 radical (unpaired) electrons. The molecule has 1 amide bonds. The molecule has 1 aromatic carbocycles. The minimum atomic E-state index is -0.00436. The van der Waals surface area contributed by atoms with Gasteiger partial charge in [0.15, 0.2) is 18.1 Å². The summed E-state index contributed by atoms with van der Waals surface area (Å²) < 4.78 is 11.1. The lowest BCUT2D eigenvalue weighted by molar-refractivity contribution is -0.132. The molecule has 0 bridgehead atoms. The zero-order valence-corrected chi connectivity index (χ0v) is 12.0. The lowest BCUT2D eigenvalue weighted by Crippen LogP contribution is -2.34. The van der Waals surface area contributed by atoms with Crippen LogP contribution in [-0.2, 0) is 4.79 Å². The Balaban J connectivity index is 2.59. The van der Waals surface area contributed by atoms with Crippen LogP contribution >= 0.6 is 0 Å². The highest BCUT2D eigenvalue weighted by molar-refractivity contribution is 5.77. The predicted molar refractivity (Wildman–Crippen MR) is 75.7 cm³/mol. The van der Waals surface area contributed by atoms with Gasteiger partial charge in [-0.05, 0) is 32.4 Å². The first kappa shape index (κ1) is 15.3. The lowest BCUT2D eigenvalue weighted by Gasteiger charge is -2.19. The summed E-state index contributed by atoms with van der Waals surface area (Å²) in [6, 6.07) is 7.44. The zero-order valence-electron chi connectivity index (χ0n) is 12.0. The number of rotatable bonds is 8. The third-order valence-corrected chi connectivity index (χ3v) is 2.78. The number of ether oxygens (including phenoxy) is 2. The molecule has 0 aliphatic carbocycles. The van der Waals surface area contributed by atoms with Gasteiger partial charge in [-0.2, -0.15) is 0 Å². The molecule has 4 nitrogen and oxygen atoms in total. The summed E-state index contributed by atoms with van der Waals surface area (Å²) in [7, 11) is 0. The molecule has 0 saturated heterocycles. The number of para-hydroxylation sites is 2. The Hall–Kier alpha value is -1.71. The fourth-order valence-corrected chi connectivity index (χ4v) is 1.71. The summed E-state index contributed by atoms with van der Waals surface area (Å²) in [5, 5.41) is 0. The van der Waals surface area contributed by atoms with E-state index in [2.05, 4.69) is 0 Å². The van der Waals surface area contributed by atoms with Crippen molar-refractivity contribution in [1.29, 1.82) is 0 Å². The fraction of sp³-hybridized carbons (Fsp3) is 0.533. The molecule has 0 aliphatic rings. The minimum Gasteiger partial charge on any atom is -0.490 e. The summed E-state index contributed by atoms with van der Waals surface area (Å²) in [4.78, 5) is 13.6. The van der Waals surface area contributed by atoms with E-state index < -0.39 is 0 Å². The maximum absolute atomic E-state index is 11.9. The van der Waals surface area contributed by atoms with Gasteiger partial charge in [0, 0.05) is 13.1 Å². The van der Waals surface area contributed by atoms with Crippen LogP contribution in [0.5, 0.6) is 11.5 Å². The van der Waals surface area contributed by atoms with Crippen LogP contribution in [0.2, 0.25) is 0 Å². The first-order valence-electron chi connectivity index (χ1n) is 6.85. The molecule has 106 valence electrons. The van der Waals surface area contributed by atoms with E-state index in [4.69, 9.17) is 9.47 Å². The van der Waals surface area contributed by atoms with E-state index in [9.17, 15) is 4.79 Å². The summed E-state index contributed by atoms with van der Waals surface area (Å²) in [5.41, 5.74) is 0. The molecule has 0 spiro atoms. The van der Waals surface area contributed by atoms with Crippen LogP contribution in [0.4, 0.5) is 0 Å². The normalized spacial score (nSPS) is 10.1. The Morgan fingerprint density at radius 3 is 2.16 bits per heavy atom. The van der Waals surface area contributed by atoms with Crippen molar-refractivity contribution in [1.82, 2.24) is 4.90 Å². The van der Waals surface area contributed by atoms with Crippen LogP contribution in [0.25, 0.3) is 0 Å². The van der Waals surface area contributed by atoms with Crippen LogP contribution in [0.3, 0.4) is 0 Å². The number of likely N-dealkylation sites (N-methyl/N-ethyl adjacent to an activating group) is 1. The van der Waals surface area contributed by atoms with Crippen molar-refractivity contribution in [3.8, 4) is 11.5 Å². The van der Waals surface area contributed by atoms with E-state index in [0.29, 0.717) is 31.2 Å². The SMILES string of the molecule is CCCOc1ccccc1OCC(=O)N(CC)CC. The topological polar surface area (TPSA) is 38.8 Å². The zero-order chi connectivity index (χ0) is 14.1. The number of carbonyl (C=O) groups is 1. The molecular weight excluding hydrogens is 242 g/mol. The van der Waals surface area contributed by atoms with Gasteiger partial charge in [0.25, 0.3) is 5.91 Å². The molecule has 4 heteroatoms. The predicted octanol–water partition coefficient (Wildman–Crippen LogP) is 2.72. The number of nitrogens with zero attached hydrogens (tertiary/aromatic N) is 1. The second kappa shape index (κ2) is 8.40. The van der Waals surface area contributed by atoms with Crippen LogP contribution in [0.1, 0.15) is 27.2 Å². The van der Waals surface area contributed by atoms with Crippen molar-refractivity contribution in [2.24, 2.45) is 0 Å². The van der Waals surface area contributed by atoms with Crippen molar-refractivity contribution in [3.05, 3.63) is 24.3 Å². The molecule has 19 heavy (non-hydrogen) atoms. The van der Waals surface area contributed by atoms with Crippen LogP contribution in [0.15, 0.2) is 24.3 Å². The first-order valence-corrected chi connectivity index (χ1v) is 6.85. The Bertz CT molecular complexity index is 389. The number of hydrogen-bond donors (Lipinski definition) is 0. The average Bonchev–Trinajstić information content (AvgIpc) is 2.45. The third kappa shape index (κ3) is 4.81. The maximum Gasteiger partial charge on any atom is 0.260 e. The van der Waals surface area contributed by atoms with Gasteiger partial charge in [0.05, 0.1) is 6.61 Å². The van der Waals surface area contributed by atoms with E-state index >= 15 is 0 Å². The number of amides is 1. The van der Waals surface area contributed by atoms with Crippen molar-refractivity contribution >= 4 is 5.91 Å². The second-order valence-electron chi connectivity index (χ2n) is 4.15. The Morgan fingerprint density at radius 2 is 1.63 bits per heavy atom. The van der Waals surface area contributed by atoms with E-state index in [1.54, 1.807) is 4.90 Å². The number of benzene rings is 1. The average molecular weight is 265 g/mol. The molecule has 0 saturated carbocycles. The van der Waals surface area contributed by atoms with E-state index in [0.717, 1.165) is 6.42 Å². The molecule has 0 atom stereocenters. The molecule has 0 aliphatic heterocycles. The molecule has 1 aromatic rings. The van der Waals surface area contributed by atoms with Gasteiger partial charge in [-0.15, -0.1) is 0 Å². The van der Waals surface area contributed by atoms with E-state index in [-0.39, 0.29) is 12.5 Å². The van der Waals surface area contributed by atoms with E-state index in [1.807, 2.05) is 45.0 Å². The smallest absolute Gasteiger partial charge is 0.260 e. The highest BCUT2D eigenvalue weighted by Gasteiger charge is 2.11. The third-order valence-electron chi connectivity index (χ3n) is 2.78. The van der Waals surface area contributed by atoms with E-state index in [1.165, 1.54) is 0 Å². The molecule has 0 heterocycles. The Labute approximate surface area is 115 Å².